The van der Waals surface area contributed by atoms with Gasteiger partial charge in [-0.25, -0.2) is 4.39 Å². The number of benzene rings is 3. The highest BCUT2D eigenvalue weighted by atomic mass is 19.1. The number of halogens is 1. The number of hydrogen-bond acceptors (Lipinski definition) is 1. The van der Waals surface area contributed by atoms with Gasteiger partial charge in [0, 0.05) is 11.3 Å². The molecular weight excluding hydrogens is 253 g/mol. The molecule has 0 aliphatic rings. The van der Waals surface area contributed by atoms with Crippen LogP contribution in [0.5, 0.6) is 0 Å². The summed E-state index contributed by atoms with van der Waals surface area (Å²) < 4.78 is 12.8. The van der Waals surface area contributed by atoms with Crippen LogP contribution in [0.2, 0.25) is 0 Å². The highest BCUT2D eigenvalue weighted by molar-refractivity contribution is 6.05. The number of fused-ring (bicyclic) bond motifs is 1. The van der Waals surface area contributed by atoms with Gasteiger partial charge in [0.1, 0.15) is 5.82 Å². The second-order valence-electron chi connectivity index (χ2n) is 4.52. The van der Waals surface area contributed by atoms with Gasteiger partial charge in [-0.3, -0.25) is 4.79 Å². The van der Waals surface area contributed by atoms with Crippen molar-refractivity contribution in [3.63, 3.8) is 0 Å². The topological polar surface area (TPSA) is 29.1 Å². The molecule has 20 heavy (non-hydrogen) atoms. The summed E-state index contributed by atoms with van der Waals surface area (Å²) in [7, 11) is 0. The van der Waals surface area contributed by atoms with Crippen molar-refractivity contribution in [3.8, 4) is 0 Å². The van der Waals surface area contributed by atoms with Crippen LogP contribution in [0, 0.1) is 5.82 Å². The Hall–Kier alpha value is -2.68. The Bertz CT molecular complexity index is 765. The lowest BCUT2D eigenvalue weighted by molar-refractivity contribution is 0.102. The summed E-state index contributed by atoms with van der Waals surface area (Å²) in [5, 5.41) is 4.99. The fourth-order valence-electron chi connectivity index (χ4n) is 2.07. The molecule has 0 bridgehead atoms. The SMILES string of the molecule is O=C(Nc1ccc2ccccc2c1)c1ccc(F)cc1. The first-order valence-electron chi connectivity index (χ1n) is 6.28. The molecule has 0 unspecified atom stereocenters. The van der Waals surface area contributed by atoms with Crippen LogP contribution in [0.1, 0.15) is 10.4 Å². The molecule has 2 nitrogen and oxygen atoms in total. The zero-order valence-corrected chi connectivity index (χ0v) is 10.6. The molecule has 0 heterocycles. The van der Waals surface area contributed by atoms with Crippen molar-refractivity contribution in [2.75, 3.05) is 5.32 Å². The summed E-state index contributed by atoms with van der Waals surface area (Å²) in [6.07, 6.45) is 0. The molecule has 0 aliphatic heterocycles. The maximum Gasteiger partial charge on any atom is 0.255 e. The monoisotopic (exact) mass is 265 g/mol. The molecule has 0 radical (unpaired) electrons. The number of amides is 1. The van der Waals surface area contributed by atoms with Crippen molar-refractivity contribution in [2.45, 2.75) is 0 Å². The molecular formula is C17H12FNO. The summed E-state index contributed by atoms with van der Waals surface area (Å²) >= 11 is 0. The summed E-state index contributed by atoms with van der Waals surface area (Å²) in [5.41, 5.74) is 1.15. The number of carbonyl (C=O) groups is 1. The Morgan fingerprint density at radius 1 is 0.850 bits per heavy atom. The summed E-state index contributed by atoms with van der Waals surface area (Å²) in [5.74, 6) is -0.604. The first-order valence-corrected chi connectivity index (χ1v) is 6.28. The summed E-state index contributed by atoms with van der Waals surface area (Å²) in [6.45, 7) is 0. The standard InChI is InChI=1S/C17H12FNO/c18-15-8-5-13(6-9-15)17(20)19-16-10-7-12-3-1-2-4-14(12)11-16/h1-11H,(H,19,20). The van der Waals surface area contributed by atoms with E-state index >= 15 is 0 Å². The van der Waals surface area contributed by atoms with Gasteiger partial charge in [0.2, 0.25) is 0 Å². The molecule has 0 saturated carbocycles. The quantitative estimate of drug-likeness (QED) is 0.738. The van der Waals surface area contributed by atoms with Crippen LogP contribution in [0.4, 0.5) is 10.1 Å². The van der Waals surface area contributed by atoms with Gasteiger partial charge in [0.15, 0.2) is 0 Å². The molecule has 0 aliphatic carbocycles. The van der Waals surface area contributed by atoms with Crippen molar-refractivity contribution < 1.29 is 9.18 Å². The lowest BCUT2D eigenvalue weighted by Crippen LogP contribution is -2.11. The zero-order chi connectivity index (χ0) is 13.9. The minimum absolute atomic E-state index is 0.250. The average Bonchev–Trinajstić information content (AvgIpc) is 2.48. The van der Waals surface area contributed by atoms with Crippen LogP contribution >= 0.6 is 0 Å². The highest BCUT2D eigenvalue weighted by Crippen LogP contribution is 2.19. The third kappa shape index (κ3) is 2.52. The van der Waals surface area contributed by atoms with E-state index < -0.39 is 0 Å². The van der Waals surface area contributed by atoms with Crippen LogP contribution in [-0.4, -0.2) is 5.91 Å². The maximum absolute atomic E-state index is 12.8. The normalized spacial score (nSPS) is 10.4. The Labute approximate surface area is 115 Å². The fraction of sp³-hybridized carbons (Fsp3) is 0. The molecule has 98 valence electrons. The third-order valence-electron chi connectivity index (χ3n) is 3.11. The van der Waals surface area contributed by atoms with E-state index in [-0.39, 0.29) is 11.7 Å². The van der Waals surface area contributed by atoms with E-state index in [9.17, 15) is 9.18 Å². The van der Waals surface area contributed by atoms with Gasteiger partial charge >= 0.3 is 0 Å². The third-order valence-corrected chi connectivity index (χ3v) is 3.11. The van der Waals surface area contributed by atoms with Crippen molar-refractivity contribution in [1.82, 2.24) is 0 Å². The van der Waals surface area contributed by atoms with Crippen LogP contribution in [0.3, 0.4) is 0 Å². The van der Waals surface area contributed by atoms with Gasteiger partial charge in [0.25, 0.3) is 5.91 Å². The van der Waals surface area contributed by atoms with E-state index in [0.717, 1.165) is 16.5 Å². The highest BCUT2D eigenvalue weighted by Gasteiger charge is 2.06. The van der Waals surface area contributed by atoms with E-state index in [4.69, 9.17) is 0 Å². The van der Waals surface area contributed by atoms with Crippen LogP contribution in [0.15, 0.2) is 66.7 Å². The van der Waals surface area contributed by atoms with Crippen molar-refractivity contribution in [1.29, 1.82) is 0 Å². The fourth-order valence-corrected chi connectivity index (χ4v) is 2.07. The first kappa shape index (κ1) is 12.4. The molecule has 1 N–H and O–H groups in total. The molecule has 3 rings (SSSR count). The Morgan fingerprint density at radius 3 is 2.30 bits per heavy atom. The van der Waals surface area contributed by atoms with Crippen molar-refractivity contribution in [3.05, 3.63) is 78.1 Å². The number of nitrogens with one attached hydrogen (secondary N) is 1. The van der Waals surface area contributed by atoms with Crippen LogP contribution in [-0.2, 0) is 0 Å². The largest absolute Gasteiger partial charge is 0.322 e. The predicted octanol–water partition coefficient (Wildman–Crippen LogP) is 4.23. The summed E-state index contributed by atoms with van der Waals surface area (Å²) in [4.78, 5) is 12.0. The molecule has 0 fully saturated rings. The molecule has 3 heteroatoms. The average molecular weight is 265 g/mol. The van der Waals surface area contributed by atoms with Crippen molar-refractivity contribution >= 4 is 22.4 Å². The van der Waals surface area contributed by atoms with Gasteiger partial charge in [-0.05, 0) is 47.2 Å². The van der Waals surface area contributed by atoms with E-state index in [1.54, 1.807) is 0 Å². The van der Waals surface area contributed by atoms with Gasteiger partial charge in [-0.1, -0.05) is 30.3 Å². The molecule has 0 saturated heterocycles. The van der Waals surface area contributed by atoms with Crippen LogP contribution < -0.4 is 5.32 Å². The Kier molecular flexibility index (Phi) is 3.17. The first-order chi connectivity index (χ1) is 9.72. The molecule has 0 aromatic heterocycles. The minimum atomic E-state index is -0.354. The van der Waals surface area contributed by atoms with E-state index in [1.807, 2.05) is 42.5 Å². The van der Waals surface area contributed by atoms with Gasteiger partial charge in [-0.15, -0.1) is 0 Å². The van der Waals surface area contributed by atoms with Crippen LogP contribution in [0.25, 0.3) is 10.8 Å². The second kappa shape index (κ2) is 5.13. The van der Waals surface area contributed by atoms with Gasteiger partial charge < -0.3 is 5.32 Å². The lowest BCUT2D eigenvalue weighted by Gasteiger charge is -2.06. The molecule has 3 aromatic rings. The number of hydrogen-bond donors (Lipinski definition) is 1. The zero-order valence-electron chi connectivity index (χ0n) is 10.6. The molecule has 0 spiro atoms. The minimum Gasteiger partial charge on any atom is -0.322 e. The number of rotatable bonds is 2. The summed E-state index contributed by atoms with van der Waals surface area (Å²) in [6, 6.07) is 19.1. The number of carbonyl (C=O) groups excluding carboxylic acids is 1. The van der Waals surface area contributed by atoms with E-state index in [1.165, 1.54) is 24.3 Å². The number of anilines is 1. The maximum atomic E-state index is 12.8. The predicted molar refractivity (Wildman–Crippen MR) is 78.3 cm³/mol. The lowest BCUT2D eigenvalue weighted by atomic mass is 10.1. The van der Waals surface area contributed by atoms with Gasteiger partial charge in [-0.2, -0.15) is 0 Å². The Balaban J connectivity index is 1.85. The van der Waals surface area contributed by atoms with Crippen molar-refractivity contribution in [2.24, 2.45) is 0 Å². The smallest absolute Gasteiger partial charge is 0.255 e. The molecule has 0 atom stereocenters. The van der Waals surface area contributed by atoms with Gasteiger partial charge in [0.05, 0.1) is 0 Å². The molecule has 1 amide bonds. The Morgan fingerprint density at radius 2 is 1.55 bits per heavy atom. The molecule has 3 aromatic carbocycles. The van der Waals surface area contributed by atoms with E-state index in [0.29, 0.717) is 5.56 Å². The van der Waals surface area contributed by atoms with E-state index in [2.05, 4.69) is 5.32 Å². The second-order valence-corrected chi connectivity index (χ2v) is 4.52.